The van der Waals surface area contributed by atoms with Gasteiger partial charge >= 0.3 is 0 Å². The van der Waals surface area contributed by atoms with Gasteiger partial charge in [0.05, 0.1) is 33.2 Å². The van der Waals surface area contributed by atoms with E-state index < -0.39 is 0 Å². The average molecular weight is 617 g/mol. The van der Waals surface area contributed by atoms with Crippen LogP contribution in [0, 0.1) is 22.7 Å². The number of hydrogen-bond acceptors (Lipinski definition) is 8. The maximum absolute atomic E-state index is 9.51. The summed E-state index contributed by atoms with van der Waals surface area (Å²) in [5, 5.41) is 23.2. The van der Waals surface area contributed by atoms with Crippen molar-refractivity contribution in [3.05, 3.63) is 133 Å². The Kier molecular flexibility index (Phi) is 6.00. The minimum atomic E-state index is 0.299. The molecule has 4 aromatic carbocycles. The molecule has 0 aliphatic rings. The molecule has 10 nitrogen and oxygen atoms in total. The van der Waals surface area contributed by atoms with Crippen molar-refractivity contribution in [1.29, 1.82) is 10.5 Å². The van der Waals surface area contributed by atoms with Gasteiger partial charge in [0, 0.05) is 46.3 Å². The lowest BCUT2D eigenvalue weighted by Crippen LogP contribution is -2.12. The number of nitriles is 2. The first-order valence-electron chi connectivity index (χ1n) is 15.1. The lowest BCUT2D eigenvalue weighted by molar-refractivity contribution is 0.968. The first-order chi connectivity index (χ1) is 23.7. The van der Waals surface area contributed by atoms with E-state index in [2.05, 4.69) is 65.5 Å². The summed E-state index contributed by atoms with van der Waals surface area (Å²) in [4.78, 5) is 29.1. The minimum Gasteiger partial charge on any atom is -0.292 e. The molecule has 0 unspecified atom stereocenters. The van der Waals surface area contributed by atoms with Gasteiger partial charge in [-0.3, -0.25) is 9.13 Å². The highest BCUT2D eigenvalue weighted by atomic mass is 15.2. The van der Waals surface area contributed by atoms with Gasteiger partial charge in [-0.25, -0.2) is 29.9 Å². The first kappa shape index (κ1) is 27.0. The molecule has 0 aliphatic carbocycles. The number of benzene rings is 4. The second kappa shape index (κ2) is 10.7. The second-order valence-electron chi connectivity index (χ2n) is 11.1. The van der Waals surface area contributed by atoms with Gasteiger partial charge < -0.3 is 0 Å². The summed E-state index contributed by atoms with van der Waals surface area (Å²) in [6.45, 7) is 0. The van der Waals surface area contributed by atoms with Crippen LogP contribution in [0.5, 0.6) is 0 Å². The minimum absolute atomic E-state index is 0.299. The molecular weight excluding hydrogens is 596 g/mol. The Bertz CT molecular complexity index is 2500. The summed E-state index contributed by atoms with van der Waals surface area (Å²) in [5.41, 5.74) is 5.13. The maximum Gasteiger partial charge on any atom is 0.182 e. The molecule has 0 fully saturated rings. The monoisotopic (exact) mass is 616 g/mol. The van der Waals surface area contributed by atoms with Crippen LogP contribution in [0.25, 0.3) is 78.3 Å². The van der Waals surface area contributed by atoms with Crippen molar-refractivity contribution < 1.29 is 0 Å². The highest BCUT2D eigenvalue weighted by molar-refractivity contribution is 6.10. The Balaban J connectivity index is 1.47. The molecule has 48 heavy (non-hydrogen) atoms. The molecule has 0 spiro atoms. The van der Waals surface area contributed by atoms with Crippen LogP contribution in [0.1, 0.15) is 11.1 Å². The van der Waals surface area contributed by atoms with Crippen molar-refractivity contribution in [3.8, 4) is 46.8 Å². The van der Waals surface area contributed by atoms with Crippen LogP contribution in [-0.2, 0) is 0 Å². The van der Waals surface area contributed by atoms with Crippen molar-refractivity contribution in [2.75, 3.05) is 0 Å². The van der Waals surface area contributed by atoms with Crippen LogP contribution < -0.4 is 0 Å². The van der Waals surface area contributed by atoms with E-state index in [1.807, 2.05) is 72.8 Å². The number of nitrogens with zero attached hydrogens (tertiary/aromatic N) is 10. The quantitative estimate of drug-likeness (QED) is 0.201. The zero-order chi connectivity index (χ0) is 32.2. The van der Waals surface area contributed by atoms with Crippen molar-refractivity contribution in [3.63, 3.8) is 0 Å². The third-order valence-corrected chi connectivity index (χ3v) is 8.43. The molecule has 0 aliphatic heterocycles. The summed E-state index contributed by atoms with van der Waals surface area (Å²) in [5.74, 6) is 1.52. The molecule has 0 bridgehead atoms. The SMILES string of the molecule is N#Cc1cnc(-c2nc(-n3c4ccccc4c4ccccc43)c(-c3ncc(C#N)cn3)nc2-n2c3ccccc3c3ccccc32)nc1. The third kappa shape index (κ3) is 4.04. The summed E-state index contributed by atoms with van der Waals surface area (Å²) in [7, 11) is 0. The lowest BCUT2D eigenvalue weighted by atomic mass is 10.2. The summed E-state index contributed by atoms with van der Waals surface area (Å²) in [6, 6.07) is 36.7. The molecule has 0 saturated carbocycles. The average Bonchev–Trinajstić information content (AvgIpc) is 3.67. The molecule has 0 atom stereocenters. The number of aromatic nitrogens is 8. The highest BCUT2D eigenvalue weighted by Crippen LogP contribution is 2.38. The topological polar surface area (TPSA) is 135 Å². The van der Waals surface area contributed by atoms with Gasteiger partial charge in [0.15, 0.2) is 34.7 Å². The highest BCUT2D eigenvalue weighted by Gasteiger charge is 2.26. The Morgan fingerprint density at radius 1 is 0.417 bits per heavy atom. The van der Waals surface area contributed by atoms with Crippen LogP contribution in [0.2, 0.25) is 0 Å². The van der Waals surface area contributed by atoms with E-state index in [1.54, 1.807) is 0 Å². The van der Waals surface area contributed by atoms with Gasteiger partial charge in [-0.05, 0) is 24.3 Å². The summed E-state index contributed by atoms with van der Waals surface area (Å²) in [6.07, 6.45) is 5.93. The fourth-order valence-corrected chi connectivity index (χ4v) is 6.35. The molecule has 10 heteroatoms. The van der Waals surface area contributed by atoms with E-state index in [-0.39, 0.29) is 0 Å². The molecule has 9 aromatic rings. The number of para-hydroxylation sites is 4. The molecular formula is C38H20N10. The normalized spacial score (nSPS) is 11.3. The molecule has 0 saturated heterocycles. The Morgan fingerprint density at radius 3 is 1.00 bits per heavy atom. The second-order valence-corrected chi connectivity index (χ2v) is 11.1. The van der Waals surface area contributed by atoms with Crippen LogP contribution in [-0.4, -0.2) is 39.0 Å². The van der Waals surface area contributed by atoms with Gasteiger partial charge in [0.25, 0.3) is 0 Å². The number of rotatable bonds is 4. The Labute approximate surface area is 272 Å². The zero-order valence-electron chi connectivity index (χ0n) is 25.0. The van der Waals surface area contributed by atoms with Crippen molar-refractivity contribution in [2.45, 2.75) is 0 Å². The van der Waals surface area contributed by atoms with Crippen molar-refractivity contribution in [2.24, 2.45) is 0 Å². The zero-order valence-corrected chi connectivity index (χ0v) is 25.0. The predicted molar refractivity (Wildman–Crippen MR) is 182 cm³/mol. The van der Waals surface area contributed by atoms with E-state index in [1.165, 1.54) is 24.8 Å². The lowest BCUT2D eigenvalue weighted by Gasteiger charge is -2.17. The largest absolute Gasteiger partial charge is 0.292 e. The van der Waals surface area contributed by atoms with Crippen LogP contribution in [0.15, 0.2) is 122 Å². The number of hydrogen-bond donors (Lipinski definition) is 0. The molecule has 9 rings (SSSR count). The third-order valence-electron chi connectivity index (χ3n) is 8.43. The fourth-order valence-electron chi connectivity index (χ4n) is 6.35. The van der Waals surface area contributed by atoms with Gasteiger partial charge in [0.2, 0.25) is 0 Å². The van der Waals surface area contributed by atoms with Crippen LogP contribution >= 0.6 is 0 Å². The van der Waals surface area contributed by atoms with Gasteiger partial charge in [-0.1, -0.05) is 72.8 Å². The van der Waals surface area contributed by atoms with E-state index in [4.69, 9.17) is 9.97 Å². The summed E-state index contributed by atoms with van der Waals surface area (Å²) >= 11 is 0. The van der Waals surface area contributed by atoms with Gasteiger partial charge in [-0.2, -0.15) is 10.5 Å². The predicted octanol–water partition coefficient (Wildman–Crippen LogP) is 7.33. The van der Waals surface area contributed by atoms with Crippen LogP contribution in [0.3, 0.4) is 0 Å². The Hall–Kier alpha value is -7.30. The van der Waals surface area contributed by atoms with E-state index in [9.17, 15) is 10.5 Å². The molecule has 222 valence electrons. The van der Waals surface area contributed by atoms with Gasteiger partial charge in [-0.15, -0.1) is 0 Å². The van der Waals surface area contributed by atoms with E-state index in [0.717, 1.165) is 43.6 Å². The Morgan fingerprint density at radius 2 is 0.708 bits per heavy atom. The molecule has 0 radical (unpaired) electrons. The maximum atomic E-state index is 9.51. The molecule has 5 heterocycles. The fraction of sp³-hybridized carbons (Fsp3) is 0. The van der Waals surface area contributed by atoms with Crippen molar-refractivity contribution in [1.82, 2.24) is 39.0 Å². The van der Waals surface area contributed by atoms with Crippen LogP contribution in [0.4, 0.5) is 0 Å². The van der Waals surface area contributed by atoms with Gasteiger partial charge in [0.1, 0.15) is 12.1 Å². The molecule has 0 N–H and O–H groups in total. The van der Waals surface area contributed by atoms with E-state index >= 15 is 0 Å². The molecule has 5 aromatic heterocycles. The molecule has 0 amide bonds. The van der Waals surface area contributed by atoms with E-state index in [0.29, 0.717) is 45.8 Å². The van der Waals surface area contributed by atoms with Crippen molar-refractivity contribution >= 4 is 43.6 Å². The standard InChI is InChI=1S/C38H20N10/c39-17-23-19-41-35(42-20-23)33-37(47-29-13-5-1-9-25(29)26-10-2-6-14-30(26)47)45-34(36-43-21-24(18-40)22-44-36)38(46-33)48-31-15-7-3-11-27(31)28-12-4-8-16-32(28)48/h1-16,19-22H. The smallest absolute Gasteiger partial charge is 0.182 e. The summed E-state index contributed by atoms with van der Waals surface area (Å²) < 4.78 is 4.11. The number of fused-ring (bicyclic) bond motifs is 6. The first-order valence-corrected chi connectivity index (χ1v) is 15.1.